The topological polar surface area (TPSA) is 66.8 Å². The molecule has 4 heteroatoms. The molecule has 0 aliphatic heterocycles. The quantitative estimate of drug-likeness (QED) is 0.786. The van der Waals surface area contributed by atoms with Crippen LogP contribution in [0.1, 0.15) is 72.1 Å². The Morgan fingerprint density at radius 1 is 1.19 bits per heavy atom. The molecule has 4 fully saturated rings. The first-order chi connectivity index (χ1) is 9.60. The maximum atomic E-state index is 12.5. The van der Waals surface area contributed by atoms with E-state index in [1.807, 2.05) is 20.8 Å². The van der Waals surface area contributed by atoms with E-state index in [0.29, 0.717) is 25.2 Å². The fourth-order valence-electron chi connectivity index (χ4n) is 4.89. The largest absolute Gasteiger partial charge is 0.458 e. The Morgan fingerprint density at radius 2 is 1.76 bits per heavy atom. The van der Waals surface area contributed by atoms with Crippen LogP contribution in [0.4, 0.5) is 0 Å². The molecule has 2 atom stereocenters. The zero-order valence-electron chi connectivity index (χ0n) is 13.4. The van der Waals surface area contributed by atoms with Gasteiger partial charge >= 0.3 is 5.97 Å². The molecular formula is C17H28O4. The number of rotatable bonds is 3. The van der Waals surface area contributed by atoms with E-state index in [1.165, 1.54) is 0 Å². The normalized spacial score (nSPS) is 45.5. The van der Waals surface area contributed by atoms with Gasteiger partial charge in [0.05, 0.1) is 16.6 Å². The first-order valence-corrected chi connectivity index (χ1v) is 8.28. The zero-order chi connectivity index (χ0) is 15.5. The average Bonchev–Trinajstić information content (AvgIpc) is 2.48. The van der Waals surface area contributed by atoms with Crippen molar-refractivity contribution in [2.24, 2.45) is 11.3 Å². The van der Waals surface area contributed by atoms with Gasteiger partial charge in [-0.3, -0.25) is 4.79 Å². The summed E-state index contributed by atoms with van der Waals surface area (Å²) in [6.07, 6.45) is 5.33. The van der Waals surface area contributed by atoms with Gasteiger partial charge in [0.15, 0.2) is 0 Å². The molecule has 4 nitrogen and oxygen atoms in total. The summed E-state index contributed by atoms with van der Waals surface area (Å²) >= 11 is 0. The number of carbonyl (C=O) groups is 1. The predicted molar refractivity (Wildman–Crippen MR) is 78.6 cm³/mol. The molecule has 0 aromatic rings. The Bertz CT molecular complexity index is 438. The SMILES string of the molecule is CCC(C)(C)C(=O)OC12CCC3CC(O)(CC(O)(C3)C1)C2. The fraction of sp³-hybridized carbons (Fsp3) is 0.941. The van der Waals surface area contributed by atoms with Crippen LogP contribution >= 0.6 is 0 Å². The average molecular weight is 296 g/mol. The summed E-state index contributed by atoms with van der Waals surface area (Å²) in [6.45, 7) is 5.77. The molecule has 2 unspecified atom stereocenters. The fourth-order valence-corrected chi connectivity index (χ4v) is 4.89. The van der Waals surface area contributed by atoms with Crippen LogP contribution in [-0.4, -0.2) is 33.0 Å². The number of hydrogen-bond donors (Lipinski definition) is 2. The van der Waals surface area contributed by atoms with E-state index in [9.17, 15) is 15.0 Å². The third-order valence-corrected chi connectivity index (χ3v) is 6.05. The maximum absolute atomic E-state index is 12.5. The molecular weight excluding hydrogens is 268 g/mol. The summed E-state index contributed by atoms with van der Waals surface area (Å²) in [4.78, 5) is 12.5. The number of esters is 1. The molecule has 0 radical (unpaired) electrons. The van der Waals surface area contributed by atoms with Crippen LogP contribution in [0.25, 0.3) is 0 Å². The molecule has 0 amide bonds. The number of carbonyl (C=O) groups excluding carboxylic acids is 1. The molecule has 21 heavy (non-hydrogen) atoms. The van der Waals surface area contributed by atoms with Crippen LogP contribution in [0.3, 0.4) is 0 Å². The van der Waals surface area contributed by atoms with Gasteiger partial charge in [-0.05, 0) is 51.9 Å². The van der Waals surface area contributed by atoms with Crippen LogP contribution in [-0.2, 0) is 9.53 Å². The number of fused-ring (bicyclic) bond motifs is 1. The highest BCUT2D eigenvalue weighted by molar-refractivity contribution is 5.76. The van der Waals surface area contributed by atoms with Crippen LogP contribution in [0.15, 0.2) is 0 Å². The zero-order valence-corrected chi connectivity index (χ0v) is 13.4. The predicted octanol–water partition coefficient (Wildman–Crippen LogP) is 2.55. The lowest BCUT2D eigenvalue weighted by molar-refractivity contribution is -0.218. The number of hydrogen-bond acceptors (Lipinski definition) is 4. The molecule has 120 valence electrons. The van der Waals surface area contributed by atoms with Crippen molar-refractivity contribution in [3.8, 4) is 0 Å². The van der Waals surface area contributed by atoms with Crippen molar-refractivity contribution < 1.29 is 19.7 Å². The first-order valence-electron chi connectivity index (χ1n) is 8.28. The number of aliphatic hydroxyl groups is 2. The van der Waals surface area contributed by atoms with E-state index in [1.54, 1.807) is 0 Å². The summed E-state index contributed by atoms with van der Waals surface area (Å²) in [7, 11) is 0. The van der Waals surface area contributed by atoms with Crippen LogP contribution in [0, 0.1) is 11.3 Å². The molecule has 2 N–H and O–H groups in total. The van der Waals surface area contributed by atoms with Crippen molar-refractivity contribution in [3.63, 3.8) is 0 Å². The second kappa shape index (κ2) is 4.45. The third kappa shape index (κ3) is 2.61. The molecule has 0 heterocycles. The van der Waals surface area contributed by atoms with Gasteiger partial charge in [0.2, 0.25) is 0 Å². The first kappa shape index (κ1) is 15.3. The van der Waals surface area contributed by atoms with Gasteiger partial charge in [0, 0.05) is 19.3 Å². The molecule has 4 saturated carbocycles. The van der Waals surface area contributed by atoms with Gasteiger partial charge in [-0.25, -0.2) is 0 Å². The lowest BCUT2D eigenvalue weighted by Crippen LogP contribution is -2.59. The van der Waals surface area contributed by atoms with E-state index >= 15 is 0 Å². The van der Waals surface area contributed by atoms with Gasteiger partial charge in [-0.2, -0.15) is 0 Å². The van der Waals surface area contributed by atoms with Gasteiger partial charge < -0.3 is 14.9 Å². The van der Waals surface area contributed by atoms with Crippen molar-refractivity contribution in [1.82, 2.24) is 0 Å². The van der Waals surface area contributed by atoms with E-state index in [4.69, 9.17) is 4.74 Å². The van der Waals surface area contributed by atoms with E-state index in [-0.39, 0.29) is 5.97 Å². The van der Waals surface area contributed by atoms with Crippen LogP contribution < -0.4 is 0 Å². The van der Waals surface area contributed by atoms with Crippen molar-refractivity contribution in [2.45, 2.75) is 88.9 Å². The highest BCUT2D eigenvalue weighted by Crippen LogP contribution is 2.58. The Hall–Kier alpha value is -0.610. The maximum Gasteiger partial charge on any atom is 0.312 e. The molecule has 0 aromatic heterocycles. The second-order valence-electron chi connectivity index (χ2n) is 8.60. The highest BCUT2D eigenvalue weighted by atomic mass is 16.6. The Morgan fingerprint density at radius 3 is 2.29 bits per heavy atom. The smallest absolute Gasteiger partial charge is 0.312 e. The van der Waals surface area contributed by atoms with Crippen molar-refractivity contribution >= 4 is 5.97 Å². The van der Waals surface area contributed by atoms with E-state index in [2.05, 4.69) is 0 Å². The lowest BCUT2D eigenvalue weighted by atomic mass is 9.61. The summed E-state index contributed by atoms with van der Waals surface area (Å²) < 4.78 is 5.95. The van der Waals surface area contributed by atoms with Gasteiger partial charge in [0.1, 0.15) is 5.60 Å². The highest BCUT2D eigenvalue weighted by Gasteiger charge is 2.61. The van der Waals surface area contributed by atoms with Gasteiger partial charge in [0.25, 0.3) is 0 Å². The second-order valence-corrected chi connectivity index (χ2v) is 8.60. The lowest BCUT2D eigenvalue weighted by Gasteiger charge is -2.53. The molecule has 0 saturated heterocycles. The van der Waals surface area contributed by atoms with Gasteiger partial charge in [-0.1, -0.05) is 6.92 Å². The van der Waals surface area contributed by atoms with Crippen molar-refractivity contribution in [3.05, 3.63) is 0 Å². The summed E-state index contributed by atoms with van der Waals surface area (Å²) in [6, 6.07) is 0. The molecule has 0 spiro atoms. The minimum absolute atomic E-state index is 0.197. The van der Waals surface area contributed by atoms with Crippen molar-refractivity contribution in [1.29, 1.82) is 0 Å². The van der Waals surface area contributed by atoms with Crippen LogP contribution in [0.5, 0.6) is 0 Å². The van der Waals surface area contributed by atoms with Crippen LogP contribution in [0.2, 0.25) is 0 Å². The summed E-state index contributed by atoms with van der Waals surface area (Å²) in [5, 5.41) is 21.7. The minimum atomic E-state index is -0.858. The summed E-state index contributed by atoms with van der Waals surface area (Å²) in [5.74, 6) is 0.160. The Balaban J connectivity index is 1.88. The molecule has 4 bridgehead atoms. The van der Waals surface area contributed by atoms with Gasteiger partial charge in [-0.15, -0.1) is 0 Å². The third-order valence-electron chi connectivity index (χ3n) is 6.05. The Labute approximate surface area is 126 Å². The van der Waals surface area contributed by atoms with E-state index < -0.39 is 22.2 Å². The molecule has 4 rings (SSSR count). The Kier molecular flexibility index (Phi) is 3.24. The standard InChI is InChI=1S/C17H28O4/c1-4-14(2,3)13(18)21-17-6-5-12-7-15(19,10-17)9-16(20,8-12)11-17/h12,19-20H,4-11H2,1-3H3. The number of ether oxygens (including phenoxy) is 1. The molecule has 4 aliphatic carbocycles. The molecule has 0 aromatic carbocycles. The minimum Gasteiger partial charge on any atom is -0.458 e. The molecule has 4 aliphatic rings. The monoisotopic (exact) mass is 296 g/mol. The van der Waals surface area contributed by atoms with Crippen molar-refractivity contribution in [2.75, 3.05) is 0 Å². The van der Waals surface area contributed by atoms with E-state index in [0.717, 1.165) is 32.1 Å². The summed E-state index contributed by atoms with van der Waals surface area (Å²) in [5.41, 5.74) is -2.90.